The molecule has 2 heteroatoms. The summed E-state index contributed by atoms with van der Waals surface area (Å²) in [4.78, 5) is 0. The van der Waals surface area contributed by atoms with Crippen LogP contribution in [0.3, 0.4) is 0 Å². The van der Waals surface area contributed by atoms with E-state index in [9.17, 15) is 0 Å². The molecule has 1 aliphatic heterocycles. The van der Waals surface area contributed by atoms with Crippen LogP contribution in [0.4, 0.5) is 0 Å². The van der Waals surface area contributed by atoms with Crippen molar-refractivity contribution in [1.29, 1.82) is 0 Å². The van der Waals surface area contributed by atoms with Gasteiger partial charge < -0.3 is 0 Å². The van der Waals surface area contributed by atoms with E-state index in [1.54, 1.807) is 12.8 Å². The molecule has 72 valence electrons. The number of nitrogens with one attached hydrogen (secondary N) is 1. The van der Waals surface area contributed by atoms with E-state index in [-0.39, 0.29) is 0 Å². The first kappa shape index (κ1) is 9.25. The fourth-order valence-electron chi connectivity index (χ4n) is 2.09. The van der Waals surface area contributed by atoms with Crippen LogP contribution >= 0.6 is 20.1 Å². The van der Waals surface area contributed by atoms with E-state index in [1.807, 2.05) is 0 Å². The second-order valence-electron chi connectivity index (χ2n) is 3.96. The number of hydrogen-bond donors (Lipinski definition) is 1. The second kappa shape index (κ2) is 4.80. The van der Waals surface area contributed by atoms with Crippen molar-refractivity contribution in [3.8, 4) is 0 Å². The fraction of sp³-hybridized carbons (Fsp3) is 1.00. The van der Waals surface area contributed by atoms with Crippen LogP contribution in [-0.4, -0.2) is 8.48 Å². The molecular weight excluding hydrogens is 261 g/mol. The molecule has 1 saturated heterocycles. The summed E-state index contributed by atoms with van der Waals surface area (Å²) in [6.45, 7) is 0. The fourth-order valence-corrected chi connectivity index (χ4v) is 7.01. The first-order valence-corrected chi connectivity index (χ1v) is 9.19. The molecule has 0 aromatic rings. The van der Waals surface area contributed by atoms with Gasteiger partial charge in [0.1, 0.15) is 0 Å². The third-order valence-corrected chi connectivity index (χ3v) is 7.96. The maximum atomic E-state index is 3.63. The molecule has 2 aliphatic rings. The van der Waals surface area contributed by atoms with Gasteiger partial charge in [0.2, 0.25) is 0 Å². The summed E-state index contributed by atoms with van der Waals surface area (Å²) in [6.07, 6.45) is 12.2. The monoisotopic (exact) mass is 281 g/mol. The van der Waals surface area contributed by atoms with Gasteiger partial charge in [0.05, 0.1) is 0 Å². The molecule has 0 bridgehead atoms. The minimum absolute atomic E-state index is 0.480. The molecule has 1 nitrogen and oxygen atoms in total. The Balaban J connectivity index is 1.76. The van der Waals surface area contributed by atoms with Gasteiger partial charge in [-0.25, -0.2) is 0 Å². The quantitative estimate of drug-likeness (QED) is 0.257. The van der Waals surface area contributed by atoms with E-state index < -0.39 is 20.1 Å². The van der Waals surface area contributed by atoms with Crippen LogP contribution < -0.4 is 3.53 Å². The van der Waals surface area contributed by atoms with Crippen molar-refractivity contribution >= 4 is 20.1 Å². The normalized spacial score (nSPS) is 30.5. The summed E-state index contributed by atoms with van der Waals surface area (Å²) in [5, 5.41) is 0. The predicted molar refractivity (Wildman–Crippen MR) is 62.7 cm³/mol. The van der Waals surface area contributed by atoms with Crippen molar-refractivity contribution in [2.24, 2.45) is 0 Å². The first-order chi connectivity index (χ1) is 5.97. The van der Waals surface area contributed by atoms with Gasteiger partial charge in [0.15, 0.2) is 0 Å². The summed E-state index contributed by atoms with van der Waals surface area (Å²) < 4.78 is 6.28. The Morgan fingerprint density at radius 2 is 1.33 bits per heavy atom. The van der Waals surface area contributed by atoms with E-state index in [2.05, 4.69) is 3.53 Å². The van der Waals surface area contributed by atoms with Gasteiger partial charge in [-0.2, -0.15) is 0 Å². The topological polar surface area (TPSA) is 21.9 Å². The van der Waals surface area contributed by atoms with E-state index >= 15 is 0 Å². The molecule has 0 amide bonds. The summed E-state index contributed by atoms with van der Waals surface area (Å²) >= 11 is -0.480. The zero-order valence-corrected chi connectivity index (χ0v) is 9.98. The van der Waals surface area contributed by atoms with E-state index in [1.165, 1.54) is 47.0 Å². The SMILES string of the molecule is C1CCCCC(I2CN2)CCC1. The van der Waals surface area contributed by atoms with Crippen molar-refractivity contribution in [2.45, 2.75) is 55.3 Å². The molecule has 1 saturated carbocycles. The third kappa shape index (κ3) is 2.87. The first-order valence-electron chi connectivity index (χ1n) is 5.34. The second-order valence-corrected chi connectivity index (χ2v) is 9.51. The zero-order chi connectivity index (χ0) is 8.23. The van der Waals surface area contributed by atoms with Gasteiger partial charge in [-0.05, 0) is 0 Å². The minimum atomic E-state index is -0.480. The van der Waals surface area contributed by atoms with Gasteiger partial charge in [-0.1, -0.05) is 0 Å². The molecule has 2 fully saturated rings. The van der Waals surface area contributed by atoms with Crippen LogP contribution in [0, 0.1) is 0 Å². The van der Waals surface area contributed by atoms with Gasteiger partial charge in [0, 0.05) is 0 Å². The molecule has 0 radical (unpaired) electrons. The molecule has 12 heavy (non-hydrogen) atoms. The average Bonchev–Trinajstić information content (AvgIpc) is 2.87. The molecule has 0 aromatic heterocycles. The standard InChI is InChI=1S/C10H20IN/c1-2-4-6-8-10(7-5-3-1)11-9-12-11/h10,12H,1-9H2. The average molecular weight is 281 g/mol. The van der Waals surface area contributed by atoms with Crippen LogP contribution in [0.25, 0.3) is 0 Å². The molecule has 0 spiro atoms. The Bertz CT molecular complexity index is 124. The van der Waals surface area contributed by atoms with E-state index in [4.69, 9.17) is 0 Å². The number of rotatable bonds is 1. The molecule has 0 atom stereocenters. The number of alkyl halides is 2. The van der Waals surface area contributed by atoms with Crippen LogP contribution in [0.2, 0.25) is 0 Å². The van der Waals surface area contributed by atoms with Gasteiger partial charge in [0.25, 0.3) is 0 Å². The van der Waals surface area contributed by atoms with Crippen LogP contribution in [0.15, 0.2) is 0 Å². The molecule has 2 rings (SSSR count). The van der Waals surface area contributed by atoms with Crippen LogP contribution in [-0.2, 0) is 0 Å². The summed E-state index contributed by atoms with van der Waals surface area (Å²) in [5.41, 5.74) is 0. The maximum absolute atomic E-state index is 3.63. The third-order valence-electron chi connectivity index (χ3n) is 2.95. The zero-order valence-electron chi connectivity index (χ0n) is 7.82. The molecular formula is C10H20IN. The summed E-state index contributed by atoms with van der Waals surface area (Å²) in [6, 6.07) is 0. The number of halogens is 1. The Morgan fingerprint density at radius 3 is 1.83 bits per heavy atom. The summed E-state index contributed by atoms with van der Waals surface area (Å²) in [7, 11) is 0. The van der Waals surface area contributed by atoms with Gasteiger partial charge in [-0.15, -0.1) is 0 Å². The van der Waals surface area contributed by atoms with Crippen molar-refractivity contribution in [3.63, 3.8) is 0 Å². The molecule has 1 heterocycles. The molecule has 0 aromatic carbocycles. The van der Waals surface area contributed by atoms with Crippen LogP contribution in [0.1, 0.15) is 51.4 Å². The molecule has 1 N–H and O–H groups in total. The Morgan fingerprint density at radius 1 is 0.833 bits per heavy atom. The van der Waals surface area contributed by atoms with Crippen molar-refractivity contribution in [3.05, 3.63) is 0 Å². The Hall–Kier alpha value is 0.690. The van der Waals surface area contributed by atoms with Gasteiger partial charge >= 0.3 is 83.5 Å². The Kier molecular flexibility index (Phi) is 3.70. The summed E-state index contributed by atoms with van der Waals surface area (Å²) in [5.74, 6) is 0. The van der Waals surface area contributed by atoms with Crippen LogP contribution in [0.5, 0.6) is 0 Å². The van der Waals surface area contributed by atoms with Gasteiger partial charge in [-0.3, -0.25) is 0 Å². The Labute approximate surface area is 83.4 Å². The number of hydrogen-bond acceptors (Lipinski definition) is 1. The van der Waals surface area contributed by atoms with E-state index in [0.717, 1.165) is 0 Å². The predicted octanol–water partition coefficient (Wildman–Crippen LogP) is 3.47. The van der Waals surface area contributed by atoms with Crippen molar-refractivity contribution < 1.29 is 0 Å². The molecule has 1 aliphatic carbocycles. The van der Waals surface area contributed by atoms with Crippen molar-refractivity contribution in [2.75, 3.05) is 4.55 Å². The molecule has 0 unspecified atom stereocenters. The van der Waals surface area contributed by atoms with E-state index in [0.29, 0.717) is 0 Å². The van der Waals surface area contributed by atoms with Crippen molar-refractivity contribution in [1.82, 2.24) is 3.53 Å².